The number of esters is 2. The summed E-state index contributed by atoms with van der Waals surface area (Å²) in [4.78, 5) is 42.8. The summed E-state index contributed by atoms with van der Waals surface area (Å²) in [7, 11) is 0. The first kappa shape index (κ1) is 20.7. The normalized spacial score (nSPS) is 13.0. The summed E-state index contributed by atoms with van der Waals surface area (Å²) in [5.74, 6) is -1.54. The van der Waals surface area contributed by atoms with Gasteiger partial charge in [0.1, 0.15) is 17.2 Å². The summed E-state index contributed by atoms with van der Waals surface area (Å²) < 4.78 is 10.5. The van der Waals surface area contributed by atoms with Crippen LogP contribution in [0.4, 0.5) is 0 Å². The Morgan fingerprint density at radius 2 is 1.72 bits per heavy atom. The van der Waals surface area contributed by atoms with Gasteiger partial charge in [-0.1, -0.05) is 0 Å². The minimum atomic E-state index is -0.982. The van der Waals surface area contributed by atoms with Gasteiger partial charge < -0.3 is 19.8 Å². The number of ether oxygens (including phenoxy) is 2. The molecule has 0 aliphatic heterocycles. The molecule has 1 heterocycles. The number of hydrogen-bond donors (Lipinski definition) is 2. The zero-order valence-electron chi connectivity index (χ0n) is 15.6. The van der Waals surface area contributed by atoms with Gasteiger partial charge in [0.2, 0.25) is 0 Å². The molecule has 0 aliphatic carbocycles. The number of carbonyl (C=O) groups is 3. The average Bonchev–Trinajstić information content (AvgIpc) is 2.93. The monoisotopic (exact) mass is 353 g/mol. The number of nitrogens with zero attached hydrogens (tertiary/aromatic N) is 1. The Bertz CT molecular complexity index is 597. The van der Waals surface area contributed by atoms with E-state index in [0.29, 0.717) is 0 Å². The van der Waals surface area contributed by atoms with Crippen LogP contribution in [0.15, 0.2) is 12.4 Å². The third-order valence-electron chi connectivity index (χ3n) is 2.77. The molecule has 0 saturated heterocycles. The molecule has 0 unspecified atom stereocenters. The average molecular weight is 353 g/mol. The Labute approximate surface area is 147 Å². The molecule has 1 amide bonds. The van der Waals surface area contributed by atoms with Crippen LogP contribution in [0.5, 0.6) is 0 Å². The second kappa shape index (κ2) is 8.13. The second-order valence-corrected chi connectivity index (χ2v) is 7.62. The molecule has 0 spiro atoms. The van der Waals surface area contributed by atoms with E-state index in [1.165, 1.54) is 12.4 Å². The van der Waals surface area contributed by atoms with Crippen molar-refractivity contribution in [1.82, 2.24) is 15.3 Å². The molecule has 2 N–H and O–H groups in total. The number of amides is 1. The number of nitrogens with one attached hydrogen (secondary N) is 2. The lowest BCUT2D eigenvalue weighted by Crippen LogP contribution is -2.45. The Morgan fingerprint density at radius 3 is 2.20 bits per heavy atom. The molecule has 0 aromatic carbocycles. The Kier molecular flexibility index (Phi) is 6.72. The Hall–Kier alpha value is -2.38. The minimum absolute atomic E-state index is 0.0282. The van der Waals surface area contributed by atoms with E-state index in [2.05, 4.69) is 15.3 Å². The lowest BCUT2D eigenvalue weighted by Gasteiger charge is -2.25. The molecule has 1 rings (SSSR count). The molecule has 1 aromatic rings. The molecule has 140 valence electrons. The van der Waals surface area contributed by atoms with E-state index in [1.807, 2.05) is 0 Å². The number of carbonyl (C=O) groups excluding carboxylic acids is 3. The van der Waals surface area contributed by atoms with Crippen LogP contribution in [0, 0.1) is 0 Å². The highest BCUT2D eigenvalue weighted by molar-refractivity contribution is 5.93. The molecule has 8 heteroatoms. The zero-order chi connectivity index (χ0) is 19.3. The minimum Gasteiger partial charge on any atom is -0.460 e. The van der Waals surface area contributed by atoms with Gasteiger partial charge in [0.25, 0.3) is 5.91 Å². The van der Waals surface area contributed by atoms with E-state index in [0.717, 1.165) is 0 Å². The number of hydrogen-bond acceptors (Lipinski definition) is 6. The highest BCUT2D eigenvalue weighted by Gasteiger charge is 2.29. The van der Waals surface area contributed by atoms with Gasteiger partial charge in [-0.15, -0.1) is 0 Å². The molecule has 1 atom stereocenters. The van der Waals surface area contributed by atoms with Gasteiger partial charge >= 0.3 is 11.9 Å². The number of aromatic amines is 1. The molecule has 0 fully saturated rings. The van der Waals surface area contributed by atoms with Crippen molar-refractivity contribution in [2.24, 2.45) is 0 Å². The zero-order valence-corrected chi connectivity index (χ0v) is 15.6. The van der Waals surface area contributed by atoms with Crippen molar-refractivity contribution in [2.75, 3.05) is 0 Å². The maximum Gasteiger partial charge on any atom is 0.329 e. The Morgan fingerprint density at radius 1 is 1.12 bits per heavy atom. The molecular weight excluding hydrogens is 326 g/mol. The van der Waals surface area contributed by atoms with Gasteiger partial charge in [0.05, 0.1) is 0 Å². The number of H-pyrrole nitrogens is 1. The van der Waals surface area contributed by atoms with Crippen molar-refractivity contribution in [3.8, 4) is 0 Å². The molecular formula is C17H27N3O5. The maximum absolute atomic E-state index is 12.3. The van der Waals surface area contributed by atoms with Crippen molar-refractivity contribution < 1.29 is 23.9 Å². The topological polar surface area (TPSA) is 110 Å². The molecule has 0 bridgehead atoms. The van der Waals surface area contributed by atoms with E-state index >= 15 is 0 Å². The molecule has 0 radical (unpaired) electrons. The first-order valence-corrected chi connectivity index (χ1v) is 8.12. The van der Waals surface area contributed by atoms with Crippen LogP contribution in [0.3, 0.4) is 0 Å². The van der Waals surface area contributed by atoms with Gasteiger partial charge in [-0.05, 0) is 48.0 Å². The molecule has 1 aromatic heterocycles. The van der Waals surface area contributed by atoms with Crippen LogP contribution in [0.25, 0.3) is 0 Å². The smallest absolute Gasteiger partial charge is 0.329 e. The fourth-order valence-electron chi connectivity index (χ4n) is 1.89. The summed E-state index contributed by atoms with van der Waals surface area (Å²) in [5.41, 5.74) is -1.33. The van der Waals surface area contributed by atoms with Gasteiger partial charge in [-0.25, -0.2) is 9.78 Å². The summed E-state index contributed by atoms with van der Waals surface area (Å²) in [5, 5.41) is 2.54. The van der Waals surface area contributed by atoms with E-state index in [4.69, 9.17) is 9.47 Å². The van der Waals surface area contributed by atoms with Crippen LogP contribution in [0.2, 0.25) is 0 Å². The van der Waals surface area contributed by atoms with Gasteiger partial charge in [-0.3, -0.25) is 9.59 Å². The van der Waals surface area contributed by atoms with E-state index in [1.54, 1.807) is 41.5 Å². The van der Waals surface area contributed by atoms with Crippen LogP contribution in [-0.4, -0.2) is 45.1 Å². The fraction of sp³-hybridized carbons (Fsp3) is 0.647. The summed E-state index contributed by atoms with van der Waals surface area (Å²) in [6.45, 7) is 10.5. The van der Waals surface area contributed by atoms with E-state index in [9.17, 15) is 14.4 Å². The number of aromatic nitrogens is 2. The summed E-state index contributed by atoms with van der Waals surface area (Å²) in [6, 6.07) is -0.982. The predicted molar refractivity (Wildman–Crippen MR) is 90.8 cm³/mol. The largest absolute Gasteiger partial charge is 0.460 e. The van der Waals surface area contributed by atoms with Crippen LogP contribution in [0.1, 0.15) is 65.0 Å². The fourth-order valence-corrected chi connectivity index (χ4v) is 1.89. The van der Waals surface area contributed by atoms with Crippen molar-refractivity contribution in [3.63, 3.8) is 0 Å². The second-order valence-electron chi connectivity index (χ2n) is 7.62. The highest BCUT2D eigenvalue weighted by Crippen LogP contribution is 2.13. The standard InChI is InChI=1S/C17H27N3O5/c1-16(2,3)24-12(21)8-7-11(15(23)25-17(4,5)6)20-14(22)13-18-9-10-19-13/h9-11H,7-8H2,1-6H3,(H,18,19)(H,20,22)/t11-/m0/s1. The molecule has 0 saturated carbocycles. The van der Waals surface area contributed by atoms with Gasteiger partial charge in [0, 0.05) is 18.8 Å². The maximum atomic E-state index is 12.3. The first-order chi connectivity index (χ1) is 11.4. The third-order valence-corrected chi connectivity index (χ3v) is 2.77. The summed E-state index contributed by atoms with van der Waals surface area (Å²) >= 11 is 0. The van der Waals surface area contributed by atoms with Crippen molar-refractivity contribution >= 4 is 17.8 Å². The van der Waals surface area contributed by atoms with Gasteiger partial charge in [-0.2, -0.15) is 0 Å². The van der Waals surface area contributed by atoms with Crippen LogP contribution < -0.4 is 5.32 Å². The summed E-state index contributed by atoms with van der Waals surface area (Å²) in [6.07, 6.45) is 2.96. The Balaban J connectivity index is 2.75. The lowest BCUT2D eigenvalue weighted by atomic mass is 10.1. The van der Waals surface area contributed by atoms with Crippen LogP contribution >= 0.6 is 0 Å². The highest BCUT2D eigenvalue weighted by atomic mass is 16.6. The quantitative estimate of drug-likeness (QED) is 0.757. The number of imidazole rings is 1. The third kappa shape index (κ3) is 8.32. The van der Waals surface area contributed by atoms with E-state index in [-0.39, 0.29) is 18.7 Å². The SMILES string of the molecule is CC(C)(C)OC(=O)CC[C@H](NC(=O)c1ncc[nH]1)C(=O)OC(C)(C)C. The molecule has 25 heavy (non-hydrogen) atoms. The van der Waals surface area contributed by atoms with E-state index < -0.39 is 35.1 Å². The lowest BCUT2D eigenvalue weighted by molar-refractivity contribution is -0.158. The molecule has 0 aliphatic rings. The van der Waals surface area contributed by atoms with Crippen molar-refractivity contribution in [1.29, 1.82) is 0 Å². The van der Waals surface area contributed by atoms with Crippen molar-refractivity contribution in [3.05, 3.63) is 18.2 Å². The predicted octanol–water partition coefficient (Wildman–Crippen LogP) is 1.97. The number of rotatable bonds is 6. The van der Waals surface area contributed by atoms with Crippen molar-refractivity contribution in [2.45, 2.75) is 71.6 Å². The first-order valence-electron chi connectivity index (χ1n) is 8.12. The van der Waals surface area contributed by atoms with Crippen LogP contribution in [-0.2, 0) is 19.1 Å². The van der Waals surface area contributed by atoms with Gasteiger partial charge in [0.15, 0.2) is 5.82 Å². The molecule has 8 nitrogen and oxygen atoms in total.